The van der Waals surface area contributed by atoms with Gasteiger partial charge in [0.25, 0.3) is 0 Å². The highest BCUT2D eigenvalue weighted by Gasteiger charge is 2.42. The lowest BCUT2D eigenvalue weighted by atomic mass is 9.78. The minimum atomic E-state index is -0.665. The molecule has 1 saturated carbocycles. The van der Waals surface area contributed by atoms with Gasteiger partial charge < -0.3 is 25.7 Å². The molecule has 0 radical (unpaired) electrons. The van der Waals surface area contributed by atoms with Gasteiger partial charge in [-0.1, -0.05) is 36.4 Å². The number of nitrogen functional groups attached to an aromatic ring is 1. The fourth-order valence-electron chi connectivity index (χ4n) is 7.12. The van der Waals surface area contributed by atoms with Gasteiger partial charge in [0.1, 0.15) is 5.75 Å². The van der Waals surface area contributed by atoms with Crippen molar-refractivity contribution in [1.82, 2.24) is 20.2 Å². The second-order valence-electron chi connectivity index (χ2n) is 12.0. The first-order valence-corrected chi connectivity index (χ1v) is 15.0. The van der Waals surface area contributed by atoms with Crippen molar-refractivity contribution in [1.29, 1.82) is 0 Å². The molecule has 4 heterocycles. The second kappa shape index (κ2) is 11.2. The third-order valence-corrected chi connectivity index (χ3v) is 9.47. The SMILES string of the molecule is Nc1nnc(-c2ccccc2O)cc1N1C[C@@H]2CC[C@@H](C1)N2c1ncc(-c2ccc(C3CCC(C(=O)O)CC3)cc2)cn1. The molecule has 4 aromatic rings. The minimum absolute atomic E-state index is 0.161. The number of phenols is 1. The van der Waals surface area contributed by atoms with Crippen LogP contribution in [0.5, 0.6) is 5.75 Å². The quantitative estimate of drug-likeness (QED) is 0.283. The lowest BCUT2D eigenvalue weighted by molar-refractivity contribution is -0.142. The van der Waals surface area contributed by atoms with Crippen molar-refractivity contribution >= 4 is 23.4 Å². The van der Waals surface area contributed by atoms with Gasteiger partial charge in [-0.15, -0.1) is 10.2 Å². The monoisotopic (exact) mass is 577 g/mol. The van der Waals surface area contributed by atoms with Crippen molar-refractivity contribution in [3.8, 4) is 28.1 Å². The van der Waals surface area contributed by atoms with E-state index in [4.69, 9.17) is 15.7 Å². The summed E-state index contributed by atoms with van der Waals surface area (Å²) in [5.74, 6) is 0.854. The van der Waals surface area contributed by atoms with Crippen LogP contribution in [-0.4, -0.2) is 61.5 Å². The van der Waals surface area contributed by atoms with E-state index in [-0.39, 0.29) is 23.8 Å². The van der Waals surface area contributed by atoms with Crippen molar-refractivity contribution in [2.24, 2.45) is 5.92 Å². The van der Waals surface area contributed by atoms with E-state index in [1.54, 1.807) is 12.1 Å². The molecule has 0 amide bonds. The summed E-state index contributed by atoms with van der Waals surface area (Å²) in [6, 6.07) is 18.1. The number of carboxylic acid groups (broad SMARTS) is 1. The molecule has 10 heteroatoms. The molecule has 2 aromatic heterocycles. The molecule has 2 saturated heterocycles. The second-order valence-corrected chi connectivity index (χ2v) is 12.0. The topological polar surface area (TPSA) is 142 Å². The summed E-state index contributed by atoms with van der Waals surface area (Å²) in [6.07, 6.45) is 9.26. The molecule has 220 valence electrons. The number of benzene rings is 2. The Morgan fingerprint density at radius 3 is 2.16 bits per heavy atom. The Hall–Kier alpha value is -4.73. The van der Waals surface area contributed by atoms with Crippen LogP contribution < -0.4 is 15.5 Å². The van der Waals surface area contributed by atoms with E-state index in [0.717, 1.165) is 74.4 Å². The number of hydrogen-bond acceptors (Lipinski definition) is 9. The average molecular weight is 578 g/mol. The highest BCUT2D eigenvalue weighted by molar-refractivity contribution is 5.74. The molecule has 3 fully saturated rings. The maximum absolute atomic E-state index is 11.3. The van der Waals surface area contributed by atoms with E-state index in [1.165, 1.54) is 5.56 Å². The lowest BCUT2D eigenvalue weighted by Crippen LogP contribution is -2.54. The molecule has 10 nitrogen and oxygen atoms in total. The minimum Gasteiger partial charge on any atom is -0.507 e. The molecule has 43 heavy (non-hydrogen) atoms. The number of aromatic nitrogens is 4. The number of anilines is 3. The Balaban J connectivity index is 1.03. The average Bonchev–Trinajstić information content (AvgIpc) is 3.30. The van der Waals surface area contributed by atoms with Crippen molar-refractivity contribution in [3.63, 3.8) is 0 Å². The Kier molecular flexibility index (Phi) is 7.04. The van der Waals surface area contributed by atoms with E-state index in [1.807, 2.05) is 30.6 Å². The number of carboxylic acids is 1. The van der Waals surface area contributed by atoms with Crippen LogP contribution in [0.25, 0.3) is 22.4 Å². The number of rotatable bonds is 6. The summed E-state index contributed by atoms with van der Waals surface area (Å²) in [6.45, 7) is 1.54. The first-order chi connectivity index (χ1) is 20.9. The predicted molar refractivity (Wildman–Crippen MR) is 165 cm³/mol. The standard InChI is InChI=1S/C33H35N7O3/c34-31-29(15-28(37-38-31)27-3-1-2-4-30(27)41)39-18-25-13-14-26(19-39)40(25)33-35-16-24(17-36-33)22-7-5-20(6-8-22)21-9-11-23(12-10-21)32(42)43/h1-8,15-17,21,23,25-26,41H,9-14,18-19H2,(H2,34,38)(H,42,43)/t21?,23?,25-,26-/m0/s1. The number of nitrogens with zero attached hydrogens (tertiary/aromatic N) is 6. The summed E-state index contributed by atoms with van der Waals surface area (Å²) in [7, 11) is 0. The van der Waals surface area contributed by atoms with Crippen LogP contribution in [0, 0.1) is 5.92 Å². The Morgan fingerprint density at radius 1 is 0.837 bits per heavy atom. The van der Waals surface area contributed by atoms with Crippen LogP contribution in [0.4, 0.5) is 17.5 Å². The van der Waals surface area contributed by atoms with Crippen molar-refractivity contribution in [3.05, 3.63) is 72.6 Å². The molecule has 1 aliphatic carbocycles. The number of aliphatic carboxylic acids is 1. The van der Waals surface area contributed by atoms with Gasteiger partial charge in [0.15, 0.2) is 5.82 Å². The normalized spacial score (nSPS) is 23.3. The number of hydrogen-bond donors (Lipinski definition) is 3. The lowest BCUT2D eigenvalue weighted by Gasteiger charge is -2.42. The van der Waals surface area contributed by atoms with Gasteiger partial charge in [-0.05, 0) is 73.8 Å². The molecule has 0 unspecified atom stereocenters. The number of carbonyl (C=O) groups is 1. The number of phenolic OH excluding ortho intramolecular Hbond substituents is 1. The summed E-state index contributed by atoms with van der Waals surface area (Å²) in [5.41, 5.74) is 11.7. The Morgan fingerprint density at radius 2 is 1.51 bits per heavy atom. The van der Waals surface area contributed by atoms with E-state index in [2.05, 4.69) is 44.3 Å². The molecule has 0 spiro atoms. The van der Waals surface area contributed by atoms with Crippen LogP contribution in [0.3, 0.4) is 0 Å². The highest BCUT2D eigenvalue weighted by atomic mass is 16.4. The van der Waals surface area contributed by atoms with Gasteiger partial charge in [0, 0.05) is 48.7 Å². The van der Waals surface area contributed by atoms with Crippen LogP contribution in [0.15, 0.2) is 67.0 Å². The molecule has 4 N–H and O–H groups in total. The molecular weight excluding hydrogens is 542 g/mol. The zero-order chi connectivity index (χ0) is 29.5. The smallest absolute Gasteiger partial charge is 0.306 e. The van der Waals surface area contributed by atoms with E-state index in [9.17, 15) is 15.0 Å². The van der Waals surface area contributed by atoms with Crippen LogP contribution in [-0.2, 0) is 4.79 Å². The highest BCUT2D eigenvalue weighted by Crippen LogP contribution is 2.39. The van der Waals surface area contributed by atoms with Crippen LogP contribution in [0.2, 0.25) is 0 Å². The summed E-state index contributed by atoms with van der Waals surface area (Å²) >= 11 is 0. The zero-order valence-electron chi connectivity index (χ0n) is 23.9. The zero-order valence-corrected chi connectivity index (χ0v) is 23.9. The molecule has 2 aliphatic heterocycles. The third kappa shape index (κ3) is 5.22. The Bertz CT molecular complexity index is 1610. The van der Waals surface area contributed by atoms with E-state index < -0.39 is 5.97 Å². The van der Waals surface area contributed by atoms with Gasteiger partial charge in [0.05, 0.1) is 17.3 Å². The van der Waals surface area contributed by atoms with Crippen molar-refractivity contribution in [2.45, 2.75) is 56.5 Å². The molecule has 7 rings (SSSR count). The number of para-hydroxylation sites is 1. The molecule has 2 atom stereocenters. The van der Waals surface area contributed by atoms with Crippen LogP contribution >= 0.6 is 0 Å². The fourth-order valence-corrected chi connectivity index (χ4v) is 7.12. The van der Waals surface area contributed by atoms with Crippen LogP contribution in [0.1, 0.15) is 50.0 Å². The fraction of sp³-hybridized carbons (Fsp3) is 0.364. The number of nitrogens with two attached hydrogens (primary N) is 1. The maximum atomic E-state index is 11.3. The number of fused-ring (bicyclic) bond motifs is 2. The molecular formula is C33H35N7O3. The summed E-state index contributed by atoms with van der Waals surface area (Å²) in [4.78, 5) is 25.5. The van der Waals surface area contributed by atoms with E-state index in [0.29, 0.717) is 23.0 Å². The van der Waals surface area contributed by atoms with Gasteiger partial charge in [-0.25, -0.2) is 9.97 Å². The largest absolute Gasteiger partial charge is 0.507 e. The van der Waals surface area contributed by atoms with Gasteiger partial charge in [-0.3, -0.25) is 4.79 Å². The molecule has 2 bridgehead atoms. The molecule has 3 aliphatic rings. The third-order valence-electron chi connectivity index (χ3n) is 9.47. The van der Waals surface area contributed by atoms with Gasteiger partial charge in [-0.2, -0.15) is 0 Å². The van der Waals surface area contributed by atoms with E-state index >= 15 is 0 Å². The molecule has 2 aromatic carbocycles. The van der Waals surface area contributed by atoms with Gasteiger partial charge >= 0.3 is 5.97 Å². The first kappa shape index (κ1) is 27.1. The maximum Gasteiger partial charge on any atom is 0.306 e. The Labute approximate surface area is 250 Å². The first-order valence-electron chi connectivity index (χ1n) is 15.0. The van der Waals surface area contributed by atoms with Gasteiger partial charge in [0.2, 0.25) is 5.95 Å². The summed E-state index contributed by atoms with van der Waals surface area (Å²) in [5, 5.41) is 28.1. The number of piperazine rings is 1. The summed E-state index contributed by atoms with van der Waals surface area (Å²) < 4.78 is 0. The predicted octanol–water partition coefficient (Wildman–Crippen LogP) is 5.10. The van der Waals surface area contributed by atoms with Crippen molar-refractivity contribution in [2.75, 3.05) is 28.6 Å². The number of aromatic hydroxyl groups is 1. The van der Waals surface area contributed by atoms with Crippen molar-refractivity contribution < 1.29 is 15.0 Å².